The minimum absolute atomic E-state index is 0.138. The predicted octanol–water partition coefficient (Wildman–Crippen LogP) is 1.71. The zero-order valence-electron chi connectivity index (χ0n) is 13.5. The molecule has 24 heavy (non-hydrogen) atoms. The van der Waals surface area contributed by atoms with E-state index in [1.807, 2.05) is 31.3 Å². The van der Waals surface area contributed by atoms with E-state index in [-0.39, 0.29) is 12.2 Å². The van der Waals surface area contributed by atoms with Gasteiger partial charge in [-0.2, -0.15) is 10.1 Å². The van der Waals surface area contributed by atoms with E-state index in [0.29, 0.717) is 11.7 Å². The van der Waals surface area contributed by atoms with E-state index in [2.05, 4.69) is 32.2 Å². The summed E-state index contributed by atoms with van der Waals surface area (Å²) in [6.07, 6.45) is 5.20. The van der Waals surface area contributed by atoms with Crippen LogP contribution in [-0.4, -0.2) is 56.0 Å². The number of ether oxygens (including phenoxy) is 1. The number of morpholine rings is 1. The van der Waals surface area contributed by atoms with Gasteiger partial charge in [-0.1, -0.05) is 5.16 Å². The van der Waals surface area contributed by atoms with E-state index in [0.717, 1.165) is 24.5 Å². The van der Waals surface area contributed by atoms with Gasteiger partial charge >= 0.3 is 0 Å². The van der Waals surface area contributed by atoms with Gasteiger partial charge in [0.2, 0.25) is 5.82 Å². The number of hydrogen-bond donors (Lipinski definition) is 0. The summed E-state index contributed by atoms with van der Waals surface area (Å²) in [5, 5.41) is 8.21. The second kappa shape index (κ2) is 6.14. The van der Waals surface area contributed by atoms with Crippen molar-refractivity contribution in [3.05, 3.63) is 42.7 Å². The molecule has 3 aromatic rings. The van der Waals surface area contributed by atoms with Crippen LogP contribution in [0.1, 0.15) is 18.9 Å². The largest absolute Gasteiger partial charge is 0.363 e. The summed E-state index contributed by atoms with van der Waals surface area (Å²) < 4.78 is 13.0. The molecule has 0 saturated carbocycles. The highest BCUT2D eigenvalue weighted by atomic mass is 16.5. The van der Waals surface area contributed by atoms with Crippen molar-refractivity contribution in [1.82, 2.24) is 29.8 Å². The average molecular weight is 326 g/mol. The highest BCUT2D eigenvalue weighted by Gasteiger charge is 2.28. The third-order valence-corrected chi connectivity index (χ3v) is 3.91. The van der Waals surface area contributed by atoms with Crippen molar-refractivity contribution >= 4 is 0 Å². The van der Waals surface area contributed by atoms with Crippen molar-refractivity contribution in [3.63, 3.8) is 0 Å². The van der Waals surface area contributed by atoms with Gasteiger partial charge in [-0.05, 0) is 32.2 Å². The summed E-state index contributed by atoms with van der Waals surface area (Å²) in [7, 11) is 2.06. The number of likely N-dealkylation sites (N-methyl/N-ethyl adjacent to an activating group) is 1. The summed E-state index contributed by atoms with van der Waals surface area (Å²) in [6, 6.07) is 5.61. The van der Waals surface area contributed by atoms with E-state index in [1.165, 1.54) is 0 Å². The van der Waals surface area contributed by atoms with Crippen molar-refractivity contribution < 1.29 is 9.26 Å². The number of rotatable bonds is 3. The second-order valence-electron chi connectivity index (χ2n) is 5.97. The van der Waals surface area contributed by atoms with Gasteiger partial charge in [0.05, 0.1) is 6.10 Å². The zero-order chi connectivity index (χ0) is 16.5. The smallest absolute Gasteiger partial charge is 0.257 e. The van der Waals surface area contributed by atoms with E-state index in [9.17, 15) is 0 Å². The van der Waals surface area contributed by atoms with Gasteiger partial charge in [-0.25, -0.2) is 9.67 Å². The second-order valence-corrected chi connectivity index (χ2v) is 5.97. The Bertz CT molecular complexity index is 788. The third kappa shape index (κ3) is 2.93. The molecule has 4 heterocycles. The van der Waals surface area contributed by atoms with E-state index in [1.54, 1.807) is 17.1 Å². The number of nitrogens with zero attached hydrogens (tertiary/aromatic N) is 6. The average Bonchev–Trinajstić information content (AvgIpc) is 3.26. The molecule has 0 spiro atoms. The third-order valence-electron chi connectivity index (χ3n) is 3.91. The topological polar surface area (TPSA) is 82.1 Å². The van der Waals surface area contributed by atoms with Crippen molar-refractivity contribution in [1.29, 1.82) is 0 Å². The van der Waals surface area contributed by atoms with Crippen LogP contribution in [0.2, 0.25) is 0 Å². The Morgan fingerprint density at radius 3 is 2.88 bits per heavy atom. The molecule has 0 aliphatic carbocycles. The van der Waals surface area contributed by atoms with Gasteiger partial charge < -0.3 is 14.2 Å². The molecule has 8 nitrogen and oxygen atoms in total. The first-order chi connectivity index (χ1) is 11.7. The van der Waals surface area contributed by atoms with Gasteiger partial charge in [0.25, 0.3) is 5.89 Å². The molecule has 1 aliphatic heterocycles. The van der Waals surface area contributed by atoms with Crippen LogP contribution >= 0.6 is 0 Å². The first-order valence-corrected chi connectivity index (χ1v) is 7.83. The molecule has 1 saturated heterocycles. The summed E-state index contributed by atoms with van der Waals surface area (Å²) in [5.74, 6) is 1.74. The van der Waals surface area contributed by atoms with E-state index < -0.39 is 0 Å². The number of aromatic nitrogens is 5. The molecule has 124 valence electrons. The minimum Gasteiger partial charge on any atom is -0.363 e. The van der Waals surface area contributed by atoms with Gasteiger partial charge in [-0.15, -0.1) is 0 Å². The molecule has 4 rings (SSSR count). The summed E-state index contributed by atoms with van der Waals surface area (Å²) >= 11 is 0. The van der Waals surface area contributed by atoms with Gasteiger partial charge in [0.1, 0.15) is 6.10 Å². The van der Waals surface area contributed by atoms with Gasteiger partial charge in [0.15, 0.2) is 5.82 Å². The SMILES string of the molecule is C[C@@H]1CN(C)C[C@H](c2nc(-c3ccc(-n4cccn4)nc3)no2)O1. The summed E-state index contributed by atoms with van der Waals surface area (Å²) in [5.41, 5.74) is 0.790. The van der Waals surface area contributed by atoms with Crippen LogP contribution in [0, 0.1) is 0 Å². The lowest BCUT2D eigenvalue weighted by Crippen LogP contribution is -2.40. The van der Waals surface area contributed by atoms with Gasteiger partial charge in [0, 0.05) is 37.2 Å². The summed E-state index contributed by atoms with van der Waals surface area (Å²) in [4.78, 5) is 11.1. The van der Waals surface area contributed by atoms with Crippen LogP contribution in [-0.2, 0) is 4.74 Å². The molecule has 0 bridgehead atoms. The predicted molar refractivity (Wildman–Crippen MR) is 85.4 cm³/mol. The molecule has 0 aromatic carbocycles. The Balaban J connectivity index is 1.54. The molecule has 3 aromatic heterocycles. The van der Waals surface area contributed by atoms with Crippen LogP contribution in [0.3, 0.4) is 0 Å². The van der Waals surface area contributed by atoms with Crippen LogP contribution in [0.15, 0.2) is 41.3 Å². The Hall–Kier alpha value is -2.58. The summed E-state index contributed by atoms with van der Waals surface area (Å²) in [6.45, 7) is 3.68. The lowest BCUT2D eigenvalue weighted by atomic mass is 10.2. The fourth-order valence-electron chi connectivity index (χ4n) is 2.84. The molecule has 1 fully saturated rings. The standard InChI is InChI=1S/C16H18N6O2/c1-11-9-21(2)10-13(23-11)16-19-15(20-24-16)12-4-5-14(17-8-12)22-7-3-6-18-22/h3-8,11,13H,9-10H2,1-2H3/t11-,13-/m1/s1. The Morgan fingerprint density at radius 1 is 1.25 bits per heavy atom. The number of hydrogen-bond acceptors (Lipinski definition) is 7. The zero-order valence-corrected chi connectivity index (χ0v) is 13.5. The lowest BCUT2D eigenvalue weighted by Gasteiger charge is -2.32. The van der Waals surface area contributed by atoms with Crippen LogP contribution < -0.4 is 0 Å². The van der Waals surface area contributed by atoms with Crippen LogP contribution in [0.25, 0.3) is 17.2 Å². The minimum atomic E-state index is -0.198. The molecule has 0 unspecified atom stereocenters. The van der Waals surface area contributed by atoms with Gasteiger partial charge in [-0.3, -0.25) is 0 Å². The fraction of sp³-hybridized carbons (Fsp3) is 0.375. The van der Waals surface area contributed by atoms with Crippen molar-refractivity contribution in [3.8, 4) is 17.2 Å². The molecule has 1 aliphatic rings. The maximum absolute atomic E-state index is 5.89. The lowest BCUT2D eigenvalue weighted by molar-refractivity contribution is -0.0838. The van der Waals surface area contributed by atoms with E-state index in [4.69, 9.17) is 9.26 Å². The molecule has 0 amide bonds. The Kier molecular flexibility index (Phi) is 3.83. The fourth-order valence-corrected chi connectivity index (χ4v) is 2.84. The Labute approximate surface area is 139 Å². The molecule has 0 N–H and O–H groups in total. The monoisotopic (exact) mass is 326 g/mol. The molecule has 8 heteroatoms. The molecule has 0 radical (unpaired) electrons. The highest BCUT2D eigenvalue weighted by Crippen LogP contribution is 2.25. The highest BCUT2D eigenvalue weighted by molar-refractivity contribution is 5.53. The molecular formula is C16H18N6O2. The maximum Gasteiger partial charge on any atom is 0.257 e. The quantitative estimate of drug-likeness (QED) is 0.724. The molecule has 2 atom stereocenters. The first kappa shape index (κ1) is 15.0. The van der Waals surface area contributed by atoms with Crippen molar-refractivity contribution in [2.45, 2.75) is 19.1 Å². The van der Waals surface area contributed by atoms with Crippen molar-refractivity contribution in [2.24, 2.45) is 0 Å². The Morgan fingerprint density at radius 2 is 2.17 bits per heavy atom. The maximum atomic E-state index is 5.89. The first-order valence-electron chi connectivity index (χ1n) is 7.83. The van der Waals surface area contributed by atoms with E-state index >= 15 is 0 Å². The van der Waals surface area contributed by atoms with Crippen molar-refractivity contribution in [2.75, 3.05) is 20.1 Å². The van der Waals surface area contributed by atoms with Crippen LogP contribution in [0.4, 0.5) is 0 Å². The van der Waals surface area contributed by atoms with Crippen LogP contribution in [0.5, 0.6) is 0 Å². The number of pyridine rings is 1. The normalized spacial score (nSPS) is 21.9. The molecular weight excluding hydrogens is 308 g/mol.